The van der Waals surface area contributed by atoms with Crippen LogP contribution in [-0.2, 0) is 6.18 Å². The third-order valence-corrected chi connectivity index (χ3v) is 5.36. The molecule has 1 aliphatic rings. The summed E-state index contributed by atoms with van der Waals surface area (Å²) in [6.07, 6.45) is 2.52. The summed E-state index contributed by atoms with van der Waals surface area (Å²) in [6.45, 7) is 2.13. The fourth-order valence-electron chi connectivity index (χ4n) is 3.23. The monoisotopic (exact) mass is 292 g/mol. The molecule has 0 spiro atoms. The first-order valence-electron chi connectivity index (χ1n) is 6.63. The van der Waals surface area contributed by atoms with Crippen molar-refractivity contribution in [1.82, 2.24) is 10.3 Å². The average molecular weight is 292 g/mol. The second-order valence-electron chi connectivity index (χ2n) is 5.21. The van der Waals surface area contributed by atoms with Crippen LogP contribution >= 0.6 is 11.3 Å². The van der Waals surface area contributed by atoms with Gasteiger partial charge in [-0.15, -0.1) is 11.3 Å². The van der Waals surface area contributed by atoms with E-state index in [0.29, 0.717) is 4.88 Å². The van der Waals surface area contributed by atoms with E-state index in [2.05, 4.69) is 17.2 Å². The van der Waals surface area contributed by atoms with Gasteiger partial charge in [0.25, 0.3) is 0 Å². The highest BCUT2D eigenvalue weighted by molar-refractivity contribution is 7.11. The zero-order chi connectivity index (χ0) is 14.1. The van der Waals surface area contributed by atoms with Crippen LogP contribution in [0.1, 0.15) is 55.0 Å². The summed E-state index contributed by atoms with van der Waals surface area (Å²) < 4.78 is 38.0. The molecular formula is C13H19F3N2S. The first-order valence-corrected chi connectivity index (χ1v) is 7.45. The highest BCUT2D eigenvalue weighted by Crippen LogP contribution is 2.51. The SMILES string of the molecule is CCC1(C(NC)c2cnc(C(F)(F)F)s2)CCCC1. The molecule has 1 heterocycles. The van der Waals surface area contributed by atoms with Crippen LogP contribution < -0.4 is 5.32 Å². The lowest BCUT2D eigenvalue weighted by Gasteiger charge is -2.36. The Hall–Kier alpha value is -0.620. The van der Waals surface area contributed by atoms with Crippen LogP contribution in [0.15, 0.2) is 6.20 Å². The van der Waals surface area contributed by atoms with E-state index in [4.69, 9.17) is 0 Å². The average Bonchev–Trinajstić information content (AvgIpc) is 2.98. The number of nitrogens with zero attached hydrogens (tertiary/aromatic N) is 1. The van der Waals surface area contributed by atoms with Crippen LogP contribution in [0.5, 0.6) is 0 Å². The van der Waals surface area contributed by atoms with Crippen molar-refractivity contribution >= 4 is 11.3 Å². The largest absolute Gasteiger partial charge is 0.443 e. The summed E-state index contributed by atoms with van der Waals surface area (Å²) in [6, 6.07) is -0.0198. The number of aromatic nitrogens is 1. The molecule has 1 aromatic heterocycles. The summed E-state index contributed by atoms with van der Waals surface area (Å²) >= 11 is 0.775. The second-order valence-corrected chi connectivity index (χ2v) is 6.27. The molecule has 1 saturated carbocycles. The van der Waals surface area contributed by atoms with E-state index in [1.54, 1.807) is 0 Å². The van der Waals surface area contributed by atoms with E-state index < -0.39 is 11.2 Å². The Balaban J connectivity index is 2.29. The van der Waals surface area contributed by atoms with Gasteiger partial charge in [0, 0.05) is 17.1 Å². The number of alkyl halides is 3. The molecule has 0 aromatic carbocycles. The van der Waals surface area contributed by atoms with Gasteiger partial charge in [0.05, 0.1) is 0 Å². The molecule has 1 aromatic rings. The lowest BCUT2D eigenvalue weighted by molar-refractivity contribution is -0.137. The maximum Gasteiger partial charge on any atom is 0.443 e. The normalized spacial score (nSPS) is 20.7. The summed E-state index contributed by atoms with van der Waals surface area (Å²) in [5.74, 6) is 0. The molecule has 6 heteroatoms. The molecule has 1 unspecified atom stereocenters. The predicted octanol–water partition coefficient (Wildman–Crippen LogP) is 4.39. The van der Waals surface area contributed by atoms with E-state index in [-0.39, 0.29) is 11.5 Å². The molecule has 0 amide bonds. The quantitative estimate of drug-likeness (QED) is 0.890. The van der Waals surface area contributed by atoms with Crippen LogP contribution in [0, 0.1) is 5.41 Å². The van der Waals surface area contributed by atoms with Crippen LogP contribution in [0.2, 0.25) is 0 Å². The van der Waals surface area contributed by atoms with E-state index in [0.717, 1.165) is 43.4 Å². The zero-order valence-corrected chi connectivity index (χ0v) is 12.0. The van der Waals surface area contributed by atoms with Gasteiger partial charge in [-0.25, -0.2) is 4.98 Å². The molecule has 1 N–H and O–H groups in total. The topological polar surface area (TPSA) is 24.9 Å². The molecule has 2 rings (SSSR count). The highest BCUT2D eigenvalue weighted by atomic mass is 32.1. The molecular weight excluding hydrogens is 273 g/mol. The minimum Gasteiger partial charge on any atom is -0.312 e. The van der Waals surface area contributed by atoms with Gasteiger partial charge in [0.15, 0.2) is 5.01 Å². The molecule has 19 heavy (non-hydrogen) atoms. The van der Waals surface area contributed by atoms with Crippen molar-refractivity contribution in [2.75, 3.05) is 7.05 Å². The van der Waals surface area contributed by atoms with E-state index in [1.807, 2.05) is 7.05 Å². The summed E-state index contributed by atoms with van der Waals surface area (Å²) in [5.41, 5.74) is 0.0875. The summed E-state index contributed by atoms with van der Waals surface area (Å²) in [5, 5.41) is 2.48. The van der Waals surface area contributed by atoms with E-state index in [1.165, 1.54) is 6.20 Å². The standard InChI is InChI=1S/C13H19F3N2S/c1-3-12(6-4-5-7-12)10(17-2)9-8-18-11(19-9)13(14,15)16/h8,10,17H,3-7H2,1-2H3. The first kappa shape index (κ1) is 14.8. The van der Waals surface area contributed by atoms with Crippen molar-refractivity contribution in [2.24, 2.45) is 5.41 Å². The van der Waals surface area contributed by atoms with Gasteiger partial charge >= 0.3 is 6.18 Å². The highest BCUT2D eigenvalue weighted by Gasteiger charge is 2.42. The van der Waals surface area contributed by atoms with Crippen LogP contribution in [0.3, 0.4) is 0 Å². The molecule has 0 saturated heterocycles. The Morgan fingerprint density at radius 3 is 2.47 bits per heavy atom. The smallest absolute Gasteiger partial charge is 0.312 e. The molecule has 0 aliphatic heterocycles. The molecule has 2 nitrogen and oxygen atoms in total. The third-order valence-electron chi connectivity index (χ3n) is 4.26. The second kappa shape index (κ2) is 5.40. The number of hydrogen-bond donors (Lipinski definition) is 1. The van der Waals surface area contributed by atoms with Crippen molar-refractivity contribution in [3.63, 3.8) is 0 Å². The Morgan fingerprint density at radius 2 is 2.05 bits per heavy atom. The van der Waals surface area contributed by atoms with Gasteiger partial charge in [-0.2, -0.15) is 13.2 Å². The molecule has 1 fully saturated rings. The number of rotatable bonds is 4. The number of halogens is 3. The summed E-state index contributed by atoms with van der Waals surface area (Å²) in [7, 11) is 1.83. The Bertz CT molecular complexity index is 422. The molecule has 0 bridgehead atoms. The maximum absolute atomic E-state index is 12.7. The van der Waals surface area contributed by atoms with Crippen LogP contribution in [0.25, 0.3) is 0 Å². The van der Waals surface area contributed by atoms with Gasteiger partial charge in [-0.1, -0.05) is 19.8 Å². The minimum absolute atomic E-state index is 0.0198. The van der Waals surface area contributed by atoms with Gasteiger partial charge in [-0.05, 0) is 31.7 Å². The third kappa shape index (κ3) is 2.79. The van der Waals surface area contributed by atoms with Gasteiger partial charge in [-0.3, -0.25) is 0 Å². The van der Waals surface area contributed by atoms with Crippen molar-refractivity contribution in [3.05, 3.63) is 16.1 Å². The number of hydrogen-bond acceptors (Lipinski definition) is 3. The molecule has 108 valence electrons. The lowest BCUT2D eigenvalue weighted by atomic mass is 9.76. The lowest BCUT2D eigenvalue weighted by Crippen LogP contribution is -2.33. The Morgan fingerprint density at radius 1 is 1.42 bits per heavy atom. The van der Waals surface area contributed by atoms with E-state index >= 15 is 0 Å². The first-order chi connectivity index (χ1) is 8.93. The minimum atomic E-state index is -4.34. The van der Waals surface area contributed by atoms with Crippen LogP contribution in [0.4, 0.5) is 13.2 Å². The van der Waals surface area contributed by atoms with Gasteiger partial charge in [0.1, 0.15) is 0 Å². The zero-order valence-electron chi connectivity index (χ0n) is 11.2. The summed E-state index contributed by atoms with van der Waals surface area (Å²) in [4.78, 5) is 4.25. The van der Waals surface area contributed by atoms with Crippen molar-refractivity contribution in [1.29, 1.82) is 0 Å². The fraction of sp³-hybridized carbons (Fsp3) is 0.769. The van der Waals surface area contributed by atoms with Crippen LogP contribution in [-0.4, -0.2) is 12.0 Å². The van der Waals surface area contributed by atoms with E-state index in [9.17, 15) is 13.2 Å². The predicted molar refractivity (Wildman–Crippen MR) is 70.1 cm³/mol. The van der Waals surface area contributed by atoms with Crippen molar-refractivity contribution in [2.45, 2.75) is 51.2 Å². The fourth-order valence-corrected chi connectivity index (χ4v) is 4.26. The molecule has 1 atom stereocenters. The van der Waals surface area contributed by atoms with Crippen molar-refractivity contribution in [3.8, 4) is 0 Å². The van der Waals surface area contributed by atoms with Gasteiger partial charge < -0.3 is 5.32 Å². The van der Waals surface area contributed by atoms with Gasteiger partial charge in [0.2, 0.25) is 0 Å². The molecule has 1 aliphatic carbocycles. The number of nitrogens with one attached hydrogen (secondary N) is 1. The Labute approximate surface area is 115 Å². The molecule has 0 radical (unpaired) electrons. The van der Waals surface area contributed by atoms with Crippen molar-refractivity contribution < 1.29 is 13.2 Å². The number of thiazole rings is 1. The Kier molecular flexibility index (Phi) is 4.20. The maximum atomic E-state index is 12.7.